The van der Waals surface area contributed by atoms with Gasteiger partial charge in [-0.3, -0.25) is 0 Å². The first-order valence-electron chi connectivity index (χ1n) is 5.63. The van der Waals surface area contributed by atoms with Gasteiger partial charge in [-0.05, 0) is 34.5 Å². The van der Waals surface area contributed by atoms with Gasteiger partial charge in [-0.15, -0.1) is 0 Å². The highest BCUT2D eigenvalue weighted by atomic mass is 16.3. The molecule has 0 fully saturated rings. The summed E-state index contributed by atoms with van der Waals surface area (Å²) in [5.74, 6) is 0.873. The van der Waals surface area contributed by atoms with Crippen LogP contribution in [0.1, 0.15) is 11.3 Å². The number of furan rings is 1. The van der Waals surface area contributed by atoms with Gasteiger partial charge in [0.2, 0.25) is 0 Å². The Kier molecular flexibility index (Phi) is 2.51. The molecule has 1 nitrogen and oxygen atoms in total. The van der Waals surface area contributed by atoms with Crippen LogP contribution in [0.25, 0.3) is 22.9 Å². The maximum atomic E-state index is 5.28. The largest absolute Gasteiger partial charge is 0.465 e. The van der Waals surface area contributed by atoms with Crippen molar-refractivity contribution in [3.8, 4) is 0 Å². The van der Waals surface area contributed by atoms with Gasteiger partial charge in [-0.25, -0.2) is 0 Å². The van der Waals surface area contributed by atoms with E-state index in [9.17, 15) is 0 Å². The lowest BCUT2D eigenvalue weighted by atomic mass is 10.0. The summed E-state index contributed by atoms with van der Waals surface area (Å²) in [5.41, 5.74) is 1.21. The van der Waals surface area contributed by atoms with Crippen LogP contribution in [-0.4, -0.2) is 0 Å². The Labute approximate surface area is 100 Å². The van der Waals surface area contributed by atoms with Crippen molar-refractivity contribution in [3.05, 3.63) is 72.2 Å². The van der Waals surface area contributed by atoms with Crippen LogP contribution < -0.4 is 0 Å². The summed E-state index contributed by atoms with van der Waals surface area (Å²) in [5, 5.41) is 2.52. The predicted octanol–water partition coefficient (Wildman–Crippen LogP) is 4.60. The Morgan fingerprint density at radius 2 is 1.65 bits per heavy atom. The Balaban J connectivity index is 2.06. The molecule has 3 rings (SSSR count). The van der Waals surface area contributed by atoms with Gasteiger partial charge in [0.1, 0.15) is 5.76 Å². The third-order valence-corrected chi connectivity index (χ3v) is 2.79. The molecule has 0 atom stereocenters. The average molecular weight is 220 g/mol. The molecule has 0 aliphatic carbocycles. The lowest BCUT2D eigenvalue weighted by molar-refractivity contribution is 0.557. The van der Waals surface area contributed by atoms with E-state index in [0.29, 0.717) is 0 Å². The van der Waals surface area contributed by atoms with E-state index in [4.69, 9.17) is 4.42 Å². The van der Waals surface area contributed by atoms with E-state index < -0.39 is 0 Å². The smallest absolute Gasteiger partial charge is 0.126 e. The minimum Gasteiger partial charge on any atom is -0.465 e. The first-order chi connectivity index (χ1) is 8.43. The first kappa shape index (κ1) is 9.91. The quantitative estimate of drug-likeness (QED) is 0.615. The van der Waals surface area contributed by atoms with Gasteiger partial charge in [0.05, 0.1) is 6.26 Å². The van der Waals surface area contributed by atoms with Crippen LogP contribution in [-0.2, 0) is 0 Å². The molecule has 1 heteroatoms. The van der Waals surface area contributed by atoms with Gasteiger partial charge in [0.15, 0.2) is 0 Å². The number of hydrogen-bond acceptors (Lipinski definition) is 1. The summed E-state index contributed by atoms with van der Waals surface area (Å²) < 4.78 is 5.28. The first-order valence-corrected chi connectivity index (χ1v) is 5.63. The topological polar surface area (TPSA) is 13.1 Å². The average Bonchev–Trinajstić information content (AvgIpc) is 2.89. The lowest BCUT2D eigenvalue weighted by Crippen LogP contribution is -1.77. The van der Waals surface area contributed by atoms with Crippen LogP contribution in [0.5, 0.6) is 0 Å². The van der Waals surface area contributed by atoms with Crippen molar-refractivity contribution in [3.63, 3.8) is 0 Å². The van der Waals surface area contributed by atoms with Crippen LogP contribution in [0.2, 0.25) is 0 Å². The third-order valence-electron chi connectivity index (χ3n) is 2.79. The van der Waals surface area contributed by atoms with Crippen LogP contribution in [0, 0.1) is 0 Å². The molecular weight excluding hydrogens is 208 g/mol. The molecule has 0 amide bonds. The maximum absolute atomic E-state index is 5.28. The van der Waals surface area contributed by atoms with Gasteiger partial charge in [0, 0.05) is 0 Å². The van der Waals surface area contributed by atoms with E-state index >= 15 is 0 Å². The van der Waals surface area contributed by atoms with Crippen molar-refractivity contribution in [1.29, 1.82) is 0 Å². The third kappa shape index (κ3) is 2.00. The highest BCUT2D eigenvalue weighted by Crippen LogP contribution is 2.20. The van der Waals surface area contributed by atoms with Crippen molar-refractivity contribution in [2.75, 3.05) is 0 Å². The fourth-order valence-corrected chi connectivity index (χ4v) is 1.95. The van der Waals surface area contributed by atoms with Crippen molar-refractivity contribution < 1.29 is 4.42 Å². The monoisotopic (exact) mass is 220 g/mol. The molecule has 0 aliphatic heterocycles. The molecule has 0 saturated carbocycles. The van der Waals surface area contributed by atoms with E-state index in [1.165, 1.54) is 16.3 Å². The van der Waals surface area contributed by atoms with Crippen LogP contribution in [0.15, 0.2) is 65.3 Å². The second-order valence-corrected chi connectivity index (χ2v) is 3.92. The van der Waals surface area contributed by atoms with Gasteiger partial charge >= 0.3 is 0 Å². The summed E-state index contributed by atoms with van der Waals surface area (Å²) in [7, 11) is 0. The molecular formula is C16H12O. The SMILES string of the molecule is C(=C\c1cccc2ccccc12)/c1ccco1. The number of hydrogen-bond donors (Lipinski definition) is 0. The van der Waals surface area contributed by atoms with Gasteiger partial charge in [0.25, 0.3) is 0 Å². The minimum atomic E-state index is 0.873. The molecule has 0 spiro atoms. The van der Waals surface area contributed by atoms with E-state index in [1.54, 1.807) is 6.26 Å². The van der Waals surface area contributed by atoms with Gasteiger partial charge < -0.3 is 4.42 Å². The Morgan fingerprint density at radius 3 is 2.53 bits per heavy atom. The van der Waals surface area contributed by atoms with Crippen molar-refractivity contribution in [1.82, 2.24) is 0 Å². The molecule has 1 heterocycles. The molecule has 2 aromatic carbocycles. The molecule has 0 aliphatic rings. The minimum absolute atomic E-state index is 0.873. The van der Waals surface area contributed by atoms with Gasteiger partial charge in [-0.2, -0.15) is 0 Å². The molecule has 0 bridgehead atoms. The second kappa shape index (κ2) is 4.30. The Morgan fingerprint density at radius 1 is 0.765 bits per heavy atom. The second-order valence-electron chi connectivity index (χ2n) is 3.92. The molecule has 0 unspecified atom stereocenters. The highest BCUT2D eigenvalue weighted by Gasteiger charge is 1.96. The number of benzene rings is 2. The van der Waals surface area contributed by atoms with Gasteiger partial charge in [-0.1, -0.05) is 48.5 Å². The van der Waals surface area contributed by atoms with Crippen LogP contribution >= 0.6 is 0 Å². The number of fused-ring (bicyclic) bond motifs is 1. The highest BCUT2D eigenvalue weighted by molar-refractivity contribution is 5.92. The normalized spacial score (nSPS) is 11.3. The summed E-state index contributed by atoms with van der Waals surface area (Å²) in [6.07, 6.45) is 5.76. The molecule has 0 N–H and O–H groups in total. The van der Waals surface area contributed by atoms with E-state index in [2.05, 4.69) is 48.5 Å². The van der Waals surface area contributed by atoms with E-state index in [0.717, 1.165) is 5.76 Å². The van der Waals surface area contributed by atoms with E-state index in [1.807, 2.05) is 18.2 Å². The Hall–Kier alpha value is -2.28. The molecule has 0 radical (unpaired) electrons. The van der Waals surface area contributed by atoms with Crippen LogP contribution in [0.3, 0.4) is 0 Å². The summed E-state index contributed by atoms with van der Waals surface area (Å²) >= 11 is 0. The predicted molar refractivity (Wildman–Crippen MR) is 71.6 cm³/mol. The standard InChI is InChI=1S/C16H12O/c1-2-9-16-13(5-1)6-3-7-14(16)10-11-15-8-4-12-17-15/h1-12H/b11-10+. The molecule has 1 aromatic heterocycles. The zero-order valence-electron chi connectivity index (χ0n) is 9.34. The van der Waals surface area contributed by atoms with Crippen molar-refractivity contribution in [2.24, 2.45) is 0 Å². The summed E-state index contributed by atoms with van der Waals surface area (Å²) in [6.45, 7) is 0. The molecule has 82 valence electrons. The summed E-state index contributed by atoms with van der Waals surface area (Å²) in [4.78, 5) is 0. The fraction of sp³-hybridized carbons (Fsp3) is 0. The van der Waals surface area contributed by atoms with Crippen LogP contribution in [0.4, 0.5) is 0 Å². The fourth-order valence-electron chi connectivity index (χ4n) is 1.95. The molecule has 3 aromatic rings. The molecule has 0 saturated heterocycles. The Bertz CT molecular complexity index is 643. The zero-order valence-corrected chi connectivity index (χ0v) is 9.34. The van der Waals surface area contributed by atoms with Crippen molar-refractivity contribution in [2.45, 2.75) is 0 Å². The van der Waals surface area contributed by atoms with Crippen molar-refractivity contribution >= 4 is 22.9 Å². The number of rotatable bonds is 2. The zero-order chi connectivity index (χ0) is 11.5. The van der Waals surface area contributed by atoms with E-state index in [-0.39, 0.29) is 0 Å². The summed E-state index contributed by atoms with van der Waals surface area (Å²) in [6, 6.07) is 18.5. The molecule has 17 heavy (non-hydrogen) atoms. The lowest BCUT2D eigenvalue weighted by Gasteiger charge is -2.00. The maximum Gasteiger partial charge on any atom is 0.126 e.